The fraction of sp³-hybridized carbons (Fsp3) is 0.256. The van der Waals surface area contributed by atoms with Crippen LogP contribution >= 0.6 is 0 Å². The summed E-state index contributed by atoms with van der Waals surface area (Å²) in [5.41, 5.74) is 5.01. The third-order valence-corrected chi connectivity index (χ3v) is 9.76. The number of rotatable bonds is 10. The quantitative estimate of drug-likeness (QED) is 0.150. The number of carbonyl (C=O) groups is 1. The number of benzene rings is 4. The van der Waals surface area contributed by atoms with Crippen LogP contribution in [0.3, 0.4) is 0 Å². The SMILES string of the molecule is CC(C)c1cc(C#N)cc2nc(-c3ccc(C(=O)NCC4CCN(c5ccc(-c6cc(C(F)(F)F)ccc6OCc6ccccc6)cn5)CC4)cc3)oc12. The highest BCUT2D eigenvalue weighted by atomic mass is 19.4. The van der Waals surface area contributed by atoms with Crippen molar-refractivity contribution < 1.29 is 27.1 Å². The second kappa shape index (κ2) is 15.4. The number of nitriles is 1. The molecule has 0 bridgehead atoms. The van der Waals surface area contributed by atoms with Crippen LogP contribution in [-0.2, 0) is 12.8 Å². The van der Waals surface area contributed by atoms with Crippen LogP contribution < -0.4 is 15.0 Å². The number of nitrogens with zero attached hydrogens (tertiary/aromatic N) is 4. The normalized spacial score (nSPS) is 13.6. The summed E-state index contributed by atoms with van der Waals surface area (Å²) in [4.78, 5) is 24.4. The second-order valence-electron chi connectivity index (χ2n) is 13.8. The lowest BCUT2D eigenvalue weighted by molar-refractivity contribution is -0.137. The van der Waals surface area contributed by atoms with Crippen molar-refractivity contribution in [1.29, 1.82) is 5.26 Å². The summed E-state index contributed by atoms with van der Waals surface area (Å²) in [6.45, 7) is 6.30. The lowest BCUT2D eigenvalue weighted by Crippen LogP contribution is -2.39. The van der Waals surface area contributed by atoms with Gasteiger partial charge in [-0.3, -0.25) is 4.79 Å². The monoisotopic (exact) mass is 729 g/mol. The molecule has 1 amide bonds. The maximum absolute atomic E-state index is 13.6. The standard InChI is InChI=1S/C43H38F3N5O3/c1-27(2)35-20-30(23-47)21-37-40(35)54-42(50-37)32-10-8-31(9-11-32)41(52)49-24-28-16-18-51(19-17-28)39-15-12-33(25-48-39)36-22-34(43(44,45)46)13-14-38(36)53-26-29-6-4-3-5-7-29/h3-15,20-22,25,27-28H,16-19,24,26H2,1-2H3,(H,49,52). The van der Waals surface area contributed by atoms with Crippen LogP contribution in [0.2, 0.25) is 0 Å². The van der Waals surface area contributed by atoms with Crippen molar-refractivity contribution in [2.75, 3.05) is 24.5 Å². The van der Waals surface area contributed by atoms with Crippen LogP contribution in [0.4, 0.5) is 19.0 Å². The molecule has 0 radical (unpaired) electrons. The predicted octanol–water partition coefficient (Wildman–Crippen LogP) is 9.80. The van der Waals surface area contributed by atoms with Gasteiger partial charge in [0.05, 0.1) is 17.2 Å². The first kappa shape index (κ1) is 36.2. The van der Waals surface area contributed by atoms with Crippen LogP contribution in [0.15, 0.2) is 108 Å². The Morgan fingerprint density at radius 1 is 0.981 bits per heavy atom. The van der Waals surface area contributed by atoms with Crippen molar-refractivity contribution in [3.05, 3.63) is 131 Å². The zero-order valence-electron chi connectivity index (χ0n) is 29.9. The Bertz CT molecular complexity index is 2290. The van der Waals surface area contributed by atoms with Gasteiger partial charge in [-0.15, -0.1) is 0 Å². The summed E-state index contributed by atoms with van der Waals surface area (Å²) in [5, 5.41) is 12.5. The Hall–Kier alpha value is -6.15. The highest BCUT2D eigenvalue weighted by Crippen LogP contribution is 2.38. The van der Waals surface area contributed by atoms with Crippen LogP contribution in [0.1, 0.15) is 65.2 Å². The number of pyridine rings is 1. The van der Waals surface area contributed by atoms with Gasteiger partial charge in [-0.25, -0.2) is 9.97 Å². The van der Waals surface area contributed by atoms with Gasteiger partial charge in [0.25, 0.3) is 5.91 Å². The molecule has 0 saturated carbocycles. The maximum atomic E-state index is 13.6. The molecule has 0 unspecified atom stereocenters. The first-order chi connectivity index (χ1) is 26.1. The molecule has 11 heteroatoms. The average Bonchev–Trinajstić information content (AvgIpc) is 3.63. The van der Waals surface area contributed by atoms with E-state index in [1.807, 2.05) is 68.4 Å². The zero-order valence-corrected chi connectivity index (χ0v) is 29.9. The third kappa shape index (κ3) is 8.08. The molecule has 0 aliphatic carbocycles. The number of hydrogen-bond acceptors (Lipinski definition) is 7. The number of amides is 1. The van der Waals surface area contributed by atoms with E-state index in [4.69, 9.17) is 9.15 Å². The number of piperidine rings is 1. The Kier molecular flexibility index (Phi) is 10.4. The number of oxazole rings is 1. The minimum absolute atomic E-state index is 0.157. The number of nitrogens with one attached hydrogen (secondary N) is 1. The molecular weight excluding hydrogens is 691 g/mol. The summed E-state index contributed by atoms with van der Waals surface area (Å²) < 4.78 is 53.0. The Balaban J connectivity index is 0.942. The van der Waals surface area contributed by atoms with Gasteiger partial charge in [-0.1, -0.05) is 44.2 Å². The van der Waals surface area contributed by atoms with Gasteiger partial charge in [0, 0.05) is 53.6 Å². The van der Waals surface area contributed by atoms with Gasteiger partial charge in [0.15, 0.2) is 5.58 Å². The van der Waals surface area contributed by atoms with Crippen molar-refractivity contribution >= 4 is 22.8 Å². The van der Waals surface area contributed by atoms with E-state index in [9.17, 15) is 23.2 Å². The van der Waals surface area contributed by atoms with Gasteiger partial charge in [0.2, 0.25) is 5.89 Å². The molecule has 6 aromatic rings. The Labute approximate surface area is 311 Å². The van der Waals surface area contributed by atoms with Crippen molar-refractivity contribution in [1.82, 2.24) is 15.3 Å². The van der Waals surface area contributed by atoms with E-state index in [1.165, 1.54) is 6.07 Å². The number of anilines is 1. The van der Waals surface area contributed by atoms with Crippen molar-refractivity contribution in [3.8, 4) is 34.4 Å². The van der Waals surface area contributed by atoms with E-state index in [-0.39, 0.29) is 24.3 Å². The molecule has 0 atom stereocenters. The Morgan fingerprint density at radius 2 is 1.72 bits per heavy atom. The highest BCUT2D eigenvalue weighted by molar-refractivity contribution is 5.94. The first-order valence-electron chi connectivity index (χ1n) is 17.9. The lowest BCUT2D eigenvalue weighted by atomic mass is 9.96. The molecule has 3 heterocycles. The molecule has 54 heavy (non-hydrogen) atoms. The molecule has 7 rings (SSSR count). The number of fused-ring (bicyclic) bond motifs is 1. The van der Waals surface area contributed by atoms with E-state index >= 15 is 0 Å². The van der Waals surface area contributed by atoms with Gasteiger partial charge in [-0.2, -0.15) is 18.4 Å². The molecule has 274 valence electrons. The molecule has 0 spiro atoms. The van der Waals surface area contributed by atoms with Crippen molar-refractivity contribution in [2.45, 2.75) is 45.4 Å². The fourth-order valence-corrected chi connectivity index (χ4v) is 6.67. The summed E-state index contributed by atoms with van der Waals surface area (Å²) in [7, 11) is 0. The summed E-state index contributed by atoms with van der Waals surface area (Å²) in [6.07, 6.45) is -1.21. The molecule has 2 aromatic heterocycles. The number of halogens is 3. The Morgan fingerprint density at radius 3 is 2.39 bits per heavy atom. The topological polar surface area (TPSA) is 104 Å². The van der Waals surface area contributed by atoms with Gasteiger partial charge < -0.3 is 19.4 Å². The summed E-state index contributed by atoms with van der Waals surface area (Å²) in [6, 6.07) is 29.4. The molecule has 1 aliphatic rings. The molecule has 8 nitrogen and oxygen atoms in total. The van der Waals surface area contributed by atoms with Gasteiger partial charge in [-0.05, 0) is 97.0 Å². The smallest absolute Gasteiger partial charge is 0.416 e. The number of ether oxygens (including phenoxy) is 1. The van der Waals surface area contributed by atoms with E-state index in [2.05, 4.69) is 26.3 Å². The molecule has 1 N–H and O–H groups in total. The zero-order chi connectivity index (χ0) is 37.8. The van der Waals surface area contributed by atoms with Crippen molar-refractivity contribution in [3.63, 3.8) is 0 Å². The molecule has 1 aliphatic heterocycles. The average molecular weight is 730 g/mol. The van der Waals surface area contributed by atoms with Crippen LogP contribution in [-0.4, -0.2) is 35.5 Å². The third-order valence-electron chi connectivity index (χ3n) is 9.76. The number of aromatic nitrogens is 2. The first-order valence-corrected chi connectivity index (χ1v) is 17.9. The minimum Gasteiger partial charge on any atom is -0.488 e. The minimum atomic E-state index is -4.49. The van der Waals surface area contributed by atoms with Crippen LogP contribution in [0.5, 0.6) is 5.75 Å². The van der Waals surface area contributed by atoms with E-state index in [0.717, 1.165) is 60.6 Å². The summed E-state index contributed by atoms with van der Waals surface area (Å²) in [5.74, 6) is 1.79. The van der Waals surface area contributed by atoms with E-state index < -0.39 is 11.7 Å². The van der Waals surface area contributed by atoms with E-state index in [0.29, 0.717) is 51.5 Å². The number of carbonyl (C=O) groups excluding carboxylic acids is 1. The van der Waals surface area contributed by atoms with Crippen molar-refractivity contribution in [2.24, 2.45) is 5.92 Å². The van der Waals surface area contributed by atoms with Gasteiger partial charge in [0.1, 0.15) is 23.7 Å². The summed E-state index contributed by atoms with van der Waals surface area (Å²) >= 11 is 0. The fourth-order valence-electron chi connectivity index (χ4n) is 6.67. The van der Waals surface area contributed by atoms with Crippen LogP contribution in [0, 0.1) is 17.2 Å². The van der Waals surface area contributed by atoms with Crippen LogP contribution in [0.25, 0.3) is 33.7 Å². The number of hydrogen-bond donors (Lipinski definition) is 1. The molecule has 1 fully saturated rings. The maximum Gasteiger partial charge on any atom is 0.416 e. The molecule has 4 aromatic carbocycles. The molecule has 1 saturated heterocycles. The molecular formula is C43H38F3N5O3. The van der Waals surface area contributed by atoms with Gasteiger partial charge >= 0.3 is 6.18 Å². The predicted molar refractivity (Wildman–Crippen MR) is 201 cm³/mol. The largest absolute Gasteiger partial charge is 0.488 e. The number of alkyl halides is 3. The second-order valence-corrected chi connectivity index (χ2v) is 13.8. The lowest BCUT2D eigenvalue weighted by Gasteiger charge is -2.33. The van der Waals surface area contributed by atoms with E-state index in [1.54, 1.807) is 30.5 Å². The highest BCUT2D eigenvalue weighted by Gasteiger charge is 2.31.